The van der Waals surface area contributed by atoms with Gasteiger partial charge >= 0.3 is 5.97 Å². The molecule has 0 amide bonds. The lowest BCUT2D eigenvalue weighted by atomic mass is 10.1. The first-order valence-corrected chi connectivity index (χ1v) is 13.0. The van der Waals surface area contributed by atoms with Crippen molar-refractivity contribution < 1.29 is 14.3 Å². The van der Waals surface area contributed by atoms with Crippen molar-refractivity contribution in [2.24, 2.45) is 5.92 Å². The Hall–Kier alpha value is -2.61. The molecule has 0 N–H and O–H groups in total. The number of rotatable bonds is 11. The van der Waals surface area contributed by atoms with E-state index in [-0.39, 0.29) is 18.1 Å². The van der Waals surface area contributed by atoms with Crippen LogP contribution >= 0.6 is 11.8 Å². The van der Waals surface area contributed by atoms with Crippen molar-refractivity contribution >= 4 is 28.8 Å². The molecule has 8 heteroatoms. The number of esters is 1. The zero-order valence-electron chi connectivity index (χ0n) is 21.3. The van der Waals surface area contributed by atoms with Crippen molar-refractivity contribution in [2.45, 2.75) is 78.3 Å². The minimum atomic E-state index is -0.161. The van der Waals surface area contributed by atoms with Gasteiger partial charge in [-0.25, -0.2) is 9.97 Å². The summed E-state index contributed by atoms with van der Waals surface area (Å²) in [6.45, 7) is 14.9. The predicted octanol–water partition coefficient (Wildman–Crippen LogP) is 6.24. The zero-order valence-corrected chi connectivity index (χ0v) is 22.1. The molecule has 1 unspecified atom stereocenters. The standard InChI is InChI=1S/C26H36N4O3S/c1-8-32-26-20(10-9-12-27-26)21-15-22(25-24(28-21)19(7)29-30(25)17(4)5)34-13-11-23(31)33-18(6)14-16(2)3/h9-10,12,15-18H,8,11,13-14H2,1-7H3. The Morgan fingerprint density at radius 3 is 2.65 bits per heavy atom. The van der Waals surface area contributed by atoms with Crippen LogP contribution < -0.4 is 4.74 Å². The Bertz CT molecular complexity index is 1130. The van der Waals surface area contributed by atoms with Crippen LogP contribution in [0, 0.1) is 12.8 Å². The molecule has 0 aromatic carbocycles. The number of aryl methyl sites for hydroxylation is 1. The number of carbonyl (C=O) groups is 1. The highest BCUT2D eigenvalue weighted by Crippen LogP contribution is 2.36. The fourth-order valence-electron chi connectivity index (χ4n) is 3.95. The molecular formula is C26H36N4O3S. The average molecular weight is 485 g/mol. The minimum Gasteiger partial charge on any atom is -0.477 e. The topological polar surface area (TPSA) is 79.1 Å². The highest BCUT2D eigenvalue weighted by atomic mass is 32.2. The number of carbonyl (C=O) groups excluding carboxylic acids is 1. The molecular weight excluding hydrogens is 448 g/mol. The molecule has 0 aliphatic carbocycles. The Kier molecular flexibility index (Phi) is 8.94. The van der Waals surface area contributed by atoms with Crippen LogP contribution in [0.3, 0.4) is 0 Å². The zero-order chi connectivity index (χ0) is 24.8. The molecule has 3 aromatic heterocycles. The maximum absolute atomic E-state index is 12.4. The van der Waals surface area contributed by atoms with E-state index in [1.807, 2.05) is 37.6 Å². The molecule has 0 radical (unpaired) electrons. The second-order valence-corrected chi connectivity index (χ2v) is 10.3. The van der Waals surface area contributed by atoms with Gasteiger partial charge in [-0.15, -0.1) is 11.8 Å². The van der Waals surface area contributed by atoms with Crippen molar-refractivity contribution in [1.82, 2.24) is 19.7 Å². The van der Waals surface area contributed by atoms with Crippen molar-refractivity contribution in [3.05, 3.63) is 30.1 Å². The summed E-state index contributed by atoms with van der Waals surface area (Å²) in [7, 11) is 0. The Labute approximate surface area is 206 Å². The van der Waals surface area contributed by atoms with Crippen LogP contribution in [0.4, 0.5) is 0 Å². The molecule has 34 heavy (non-hydrogen) atoms. The van der Waals surface area contributed by atoms with E-state index in [1.54, 1.807) is 18.0 Å². The summed E-state index contributed by atoms with van der Waals surface area (Å²) in [5.74, 6) is 1.50. The molecule has 0 saturated carbocycles. The van der Waals surface area contributed by atoms with Gasteiger partial charge in [0.05, 0.1) is 36.1 Å². The second kappa shape index (κ2) is 11.7. The summed E-state index contributed by atoms with van der Waals surface area (Å²) in [5, 5.41) is 4.76. The molecule has 0 aliphatic rings. The average Bonchev–Trinajstić information content (AvgIpc) is 3.11. The number of aromatic nitrogens is 4. The summed E-state index contributed by atoms with van der Waals surface area (Å²) in [4.78, 5) is 22.8. The summed E-state index contributed by atoms with van der Waals surface area (Å²) in [6, 6.07) is 6.09. The van der Waals surface area contributed by atoms with Crippen LogP contribution in [0.25, 0.3) is 22.3 Å². The molecule has 1 atom stereocenters. The van der Waals surface area contributed by atoms with Crippen molar-refractivity contribution in [3.63, 3.8) is 0 Å². The quantitative estimate of drug-likeness (QED) is 0.235. The first-order chi connectivity index (χ1) is 16.2. The van der Waals surface area contributed by atoms with Crippen LogP contribution in [0.15, 0.2) is 29.3 Å². The third-order valence-corrected chi connectivity index (χ3v) is 6.33. The third kappa shape index (κ3) is 6.29. The highest BCUT2D eigenvalue weighted by molar-refractivity contribution is 7.99. The van der Waals surface area contributed by atoms with Crippen LogP contribution in [0.5, 0.6) is 5.88 Å². The van der Waals surface area contributed by atoms with E-state index in [1.165, 1.54) is 0 Å². The van der Waals surface area contributed by atoms with Crippen LogP contribution in [-0.4, -0.2) is 44.2 Å². The van der Waals surface area contributed by atoms with Crippen molar-refractivity contribution in [1.29, 1.82) is 0 Å². The van der Waals surface area contributed by atoms with Gasteiger partial charge in [-0.3, -0.25) is 9.48 Å². The molecule has 184 valence electrons. The summed E-state index contributed by atoms with van der Waals surface area (Å²) in [6.07, 6.45) is 2.87. The van der Waals surface area contributed by atoms with Crippen LogP contribution in [0.1, 0.15) is 66.1 Å². The summed E-state index contributed by atoms with van der Waals surface area (Å²) >= 11 is 1.63. The monoisotopic (exact) mass is 484 g/mol. The molecule has 0 aliphatic heterocycles. The van der Waals surface area contributed by atoms with E-state index >= 15 is 0 Å². The summed E-state index contributed by atoms with van der Waals surface area (Å²) < 4.78 is 13.3. The van der Waals surface area contributed by atoms with E-state index in [0.717, 1.165) is 39.3 Å². The van der Waals surface area contributed by atoms with Gasteiger partial charge in [0, 0.05) is 22.9 Å². The van der Waals surface area contributed by atoms with E-state index < -0.39 is 0 Å². The largest absolute Gasteiger partial charge is 0.477 e. The van der Waals surface area contributed by atoms with E-state index in [4.69, 9.17) is 19.6 Å². The lowest BCUT2D eigenvalue weighted by molar-refractivity contribution is -0.148. The fraction of sp³-hybridized carbons (Fsp3) is 0.538. The molecule has 0 fully saturated rings. The van der Waals surface area contributed by atoms with Gasteiger partial charge in [0.25, 0.3) is 0 Å². The molecule has 3 heterocycles. The number of ether oxygens (including phenoxy) is 2. The predicted molar refractivity (Wildman–Crippen MR) is 137 cm³/mol. The number of thioether (sulfide) groups is 1. The Morgan fingerprint density at radius 1 is 1.21 bits per heavy atom. The fourth-order valence-corrected chi connectivity index (χ4v) is 4.96. The van der Waals surface area contributed by atoms with Crippen LogP contribution in [-0.2, 0) is 9.53 Å². The van der Waals surface area contributed by atoms with E-state index in [2.05, 4.69) is 38.7 Å². The van der Waals surface area contributed by atoms with Gasteiger partial charge in [-0.05, 0) is 65.2 Å². The van der Waals surface area contributed by atoms with E-state index in [9.17, 15) is 4.79 Å². The number of nitrogens with zero attached hydrogens (tertiary/aromatic N) is 4. The van der Waals surface area contributed by atoms with Gasteiger partial charge in [0.2, 0.25) is 5.88 Å². The molecule has 0 bridgehead atoms. The Morgan fingerprint density at radius 2 is 1.97 bits per heavy atom. The number of hydrogen-bond acceptors (Lipinski definition) is 7. The molecule has 0 saturated heterocycles. The van der Waals surface area contributed by atoms with E-state index in [0.29, 0.717) is 30.6 Å². The number of pyridine rings is 2. The SMILES string of the molecule is CCOc1ncccc1-c1cc(SCCC(=O)OC(C)CC(C)C)c2c(n1)c(C)nn2C(C)C. The lowest BCUT2D eigenvalue weighted by Gasteiger charge is -2.15. The first kappa shape index (κ1) is 26.0. The first-order valence-electron chi connectivity index (χ1n) is 12.0. The van der Waals surface area contributed by atoms with Crippen molar-refractivity contribution in [3.8, 4) is 17.1 Å². The summed E-state index contributed by atoms with van der Waals surface area (Å²) in [5.41, 5.74) is 4.34. The molecule has 3 aromatic rings. The second-order valence-electron chi connectivity index (χ2n) is 9.14. The maximum atomic E-state index is 12.4. The van der Waals surface area contributed by atoms with Crippen molar-refractivity contribution in [2.75, 3.05) is 12.4 Å². The number of hydrogen-bond donors (Lipinski definition) is 0. The van der Waals surface area contributed by atoms with Gasteiger partial charge in [0.1, 0.15) is 11.0 Å². The maximum Gasteiger partial charge on any atom is 0.306 e. The highest BCUT2D eigenvalue weighted by Gasteiger charge is 2.20. The molecule has 3 rings (SSSR count). The number of fused-ring (bicyclic) bond motifs is 1. The third-order valence-electron chi connectivity index (χ3n) is 5.30. The van der Waals surface area contributed by atoms with Crippen LogP contribution in [0.2, 0.25) is 0 Å². The molecule has 7 nitrogen and oxygen atoms in total. The van der Waals surface area contributed by atoms with Gasteiger partial charge in [-0.1, -0.05) is 13.8 Å². The minimum absolute atomic E-state index is 0.0654. The van der Waals surface area contributed by atoms with Gasteiger partial charge in [0.15, 0.2) is 0 Å². The normalized spacial score (nSPS) is 12.5. The van der Waals surface area contributed by atoms with Gasteiger partial charge in [-0.2, -0.15) is 5.10 Å². The Balaban J connectivity index is 1.92. The lowest BCUT2D eigenvalue weighted by Crippen LogP contribution is -2.17. The smallest absolute Gasteiger partial charge is 0.306 e. The molecule has 0 spiro atoms. The van der Waals surface area contributed by atoms with Gasteiger partial charge < -0.3 is 9.47 Å².